The summed E-state index contributed by atoms with van der Waals surface area (Å²) in [6.07, 6.45) is 2.40. The van der Waals surface area contributed by atoms with Crippen LogP contribution in [-0.2, 0) is 4.79 Å². The van der Waals surface area contributed by atoms with E-state index in [1.807, 2.05) is 0 Å². The van der Waals surface area contributed by atoms with Crippen molar-refractivity contribution in [1.29, 1.82) is 0 Å². The van der Waals surface area contributed by atoms with Crippen molar-refractivity contribution in [2.24, 2.45) is 0 Å². The molecular weight excluding hydrogens is 236 g/mol. The molecule has 98 valence electrons. The van der Waals surface area contributed by atoms with Crippen molar-refractivity contribution in [2.75, 3.05) is 38.5 Å². The Morgan fingerprint density at radius 2 is 2.18 bits per heavy atom. The SMILES string of the molecule is CC1CC(N2CCCN(CC(=O)O)CC2)CS1. The maximum Gasteiger partial charge on any atom is 0.317 e. The predicted octanol–water partition coefficient (Wildman–Crippen LogP) is 0.973. The summed E-state index contributed by atoms with van der Waals surface area (Å²) in [5.41, 5.74) is 0. The van der Waals surface area contributed by atoms with Crippen LogP contribution in [0.25, 0.3) is 0 Å². The lowest BCUT2D eigenvalue weighted by Gasteiger charge is -2.26. The number of carbonyl (C=O) groups is 1. The quantitative estimate of drug-likeness (QED) is 0.817. The van der Waals surface area contributed by atoms with Crippen molar-refractivity contribution in [2.45, 2.75) is 31.1 Å². The van der Waals surface area contributed by atoms with Crippen LogP contribution in [0.5, 0.6) is 0 Å². The molecule has 0 aliphatic carbocycles. The van der Waals surface area contributed by atoms with Crippen molar-refractivity contribution in [3.63, 3.8) is 0 Å². The molecule has 17 heavy (non-hydrogen) atoms. The Bertz CT molecular complexity index is 275. The van der Waals surface area contributed by atoms with Gasteiger partial charge in [-0.15, -0.1) is 0 Å². The molecule has 0 amide bonds. The third-order valence-corrected chi connectivity index (χ3v) is 5.01. The fraction of sp³-hybridized carbons (Fsp3) is 0.917. The van der Waals surface area contributed by atoms with Crippen LogP contribution in [0.15, 0.2) is 0 Å². The molecule has 2 heterocycles. The molecule has 0 saturated carbocycles. The molecule has 0 aromatic heterocycles. The van der Waals surface area contributed by atoms with Gasteiger partial charge < -0.3 is 5.11 Å². The molecule has 2 rings (SSSR count). The third-order valence-electron chi connectivity index (χ3n) is 3.68. The van der Waals surface area contributed by atoms with E-state index in [0.29, 0.717) is 0 Å². The molecule has 0 radical (unpaired) electrons. The molecule has 2 unspecified atom stereocenters. The molecular formula is C12H22N2O2S. The highest BCUT2D eigenvalue weighted by molar-refractivity contribution is 8.00. The summed E-state index contributed by atoms with van der Waals surface area (Å²) >= 11 is 2.07. The van der Waals surface area contributed by atoms with Crippen LogP contribution >= 0.6 is 11.8 Å². The summed E-state index contributed by atoms with van der Waals surface area (Å²) in [5.74, 6) is 0.545. The van der Waals surface area contributed by atoms with Gasteiger partial charge in [0, 0.05) is 36.7 Å². The minimum Gasteiger partial charge on any atom is -0.480 e. The van der Waals surface area contributed by atoms with Gasteiger partial charge in [-0.1, -0.05) is 6.92 Å². The van der Waals surface area contributed by atoms with Crippen molar-refractivity contribution in [3.05, 3.63) is 0 Å². The average molecular weight is 258 g/mol. The molecule has 5 heteroatoms. The first-order chi connectivity index (χ1) is 8.15. The highest BCUT2D eigenvalue weighted by Crippen LogP contribution is 2.29. The van der Waals surface area contributed by atoms with Gasteiger partial charge in [0.25, 0.3) is 0 Å². The van der Waals surface area contributed by atoms with Gasteiger partial charge in [-0.25, -0.2) is 0 Å². The summed E-state index contributed by atoms with van der Waals surface area (Å²) in [7, 11) is 0. The third kappa shape index (κ3) is 3.86. The molecule has 2 aliphatic rings. The minimum absolute atomic E-state index is 0.198. The Morgan fingerprint density at radius 3 is 2.82 bits per heavy atom. The van der Waals surface area contributed by atoms with Gasteiger partial charge in [0.05, 0.1) is 6.54 Å². The van der Waals surface area contributed by atoms with E-state index in [0.717, 1.165) is 43.9 Å². The standard InChI is InChI=1S/C12H22N2O2S/c1-10-7-11(9-17-10)14-4-2-3-13(5-6-14)8-12(15)16/h10-11H,2-9H2,1H3,(H,15,16). The zero-order valence-electron chi connectivity index (χ0n) is 10.5. The second kappa shape index (κ2) is 6.07. The lowest BCUT2D eigenvalue weighted by atomic mass is 10.1. The number of rotatable bonds is 3. The van der Waals surface area contributed by atoms with Crippen molar-refractivity contribution in [1.82, 2.24) is 9.80 Å². The first-order valence-corrected chi connectivity index (χ1v) is 7.50. The Labute approximate surface area is 107 Å². The Morgan fingerprint density at radius 1 is 1.35 bits per heavy atom. The predicted molar refractivity (Wildman–Crippen MR) is 70.6 cm³/mol. The maximum atomic E-state index is 10.7. The number of hydrogen-bond donors (Lipinski definition) is 1. The Kier molecular flexibility index (Phi) is 4.70. The van der Waals surface area contributed by atoms with Gasteiger partial charge in [0.2, 0.25) is 0 Å². The van der Waals surface area contributed by atoms with Gasteiger partial charge in [-0.05, 0) is 19.4 Å². The Hall–Kier alpha value is -0.260. The number of aliphatic carboxylic acids is 1. The number of thioether (sulfide) groups is 1. The number of nitrogens with zero attached hydrogens (tertiary/aromatic N) is 2. The van der Waals surface area contributed by atoms with Gasteiger partial charge in [-0.2, -0.15) is 11.8 Å². The molecule has 2 aliphatic heterocycles. The molecule has 2 fully saturated rings. The highest BCUT2D eigenvalue weighted by Gasteiger charge is 2.28. The van der Waals surface area contributed by atoms with Crippen LogP contribution < -0.4 is 0 Å². The largest absolute Gasteiger partial charge is 0.480 e. The van der Waals surface area contributed by atoms with Crippen LogP contribution in [-0.4, -0.2) is 70.6 Å². The zero-order chi connectivity index (χ0) is 12.3. The van der Waals surface area contributed by atoms with Gasteiger partial charge in [0.15, 0.2) is 0 Å². The number of hydrogen-bond acceptors (Lipinski definition) is 4. The van der Waals surface area contributed by atoms with Gasteiger partial charge >= 0.3 is 5.97 Å². The molecule has 4 nitrogen and oxygen atoms in total. The lowest BCUT2D eigenvalue weighted by molar-refractivity contribution is -0.138. The maximum absolute atomic E-state index is 10.7. The van der Waals surface area contributed by atoms with E-state index >= 15 is 0 Å². The number of carboxylic acid groups (broad SMARTS) is 1. The molecule has 0 aromatic rings. The molecule has 1 N–H and O–H groups in total. The fourth-order valence-corrected chi connectivity index (χ4v) is 4.01. The fourth-order valence-electron chi connectivity index (χ4n) is 2.75. The minimum atomic E-state index is -0.705. The van der Waals surface area contributed by atoms with Crippen molar-refractivity contribution in [3.8, 4) is 0 Å². The summed E-state index contributed by atoms with van der Waals surface area (Å²) < 4.78 is 0. The summed E-state index contributed by atoms with van der Waals surface area (Å²) in [6, 6.07) is 0.722. The van der Waals surface area contributed by atoms with E-state index < -0.39 is 5.97 Å². The number of carboxylic acids is 1. The topological polar surface area (TPSA) is 43.8 Å². The van der Waals surface area contributed by atoms with Crippen LogP contribution in [0.4, 0.5) is 0 Å². The summed E-state index contributed by atoms with van der Waals surface area (Å²) in [5, 5.41) is 9.60. The average Bonchev–Trinajstić information content (AvgIpc) is 2.56. The summed E-state index contributed by atoms with van der Waals surface area (Å²) in [4.78, 5) is 15.3. The molecule has 2 saturated heterocycles. The first kappa shape index (κ1) is 13.2. The summed E-state index contributed by atoms with van der Waals surface area (Å²) in [6.45, 7) is 6.50. The van der Waals surface area contributed by atoms with E-state index in [2.05, 4.69) is 28.5 Å². The second-order valence-electron chi connectivity index (χ2n) is 5.09. The second-order valence-corrected chi connectivity index (χ2v) is 6.56. The van der Waals surface area contributed by atoms with E-state index in [4.69, 9.17) is 5.11 Å². The molecule has 0 bridgehead atoms. The molecule has 2 atom stereocenters. The van der Waals surface area contributed by atoms with Crippen LogP contribution in [0, 0.1) is 0 Å². The van der Waals surface area contributed by atoms with Crippen molar-refractivity contribution < 1.29 is 9.90 Å². The first-order valence-electron chi connectivity index (χ1n) is 6.45. The van der Waals surface area contributed by atoms with Gasteiger partial charge in [-0.3, -0.25) is 14.6 Å². The van der Waals surface area contributed by atoms with E-state index in [9.17, 15) is 4.79 Å². The smallest absolute Gasteiger partial charge is 0.317 e. The normalized spacial score (nSPS) is 32.5. The Balaban J connectivity index is 1.81. The zero-order valence-corrected chi connectivity index (χ0v) is 11.3. The van der Waals surface area contributed by atoms with Crippen LogP contribution in [0.2, 0.25) is 0 Å². The highest BCUT2D eigenvalue weighted by atomic mass is 32.2. The van der Waals surface area contributed by atoms with E-state index in [1.165, 1.54) is 12.2 Å². The van der Waals surface area contributed by atoms with Gasteiger partial charge in [0.1, 0.15) is 0 Å². The van der Waals surface area contributed by atoms with Crippen LogP contribution in [0.1, 0.15) is 19.8 Å². The monoisotopic (exact) mass is 258 g/mol. The lowest BCUT2D eigenvalue weighted by Crippen LogP contribution is -2.39. The van der Waals surface area contributed by atoms with Crippen LogP contribution in [0.3, 0.4) is 0 Å². The van der Waals surface area contributed by atoms with E-state index in [-0.39, 0.29) is 6.54 Å². The van der Waals surface area contributed by atoms with E-state index in [1.54, 1.807) is 0 Å². The molecule has 0 spiro atoms. The van der Waals surface area contributed by atoms with Crippen molar-refractivity contribution >= 4 is 17.7 Å². The molecule has 0 aromatic carbocycles.